The van der Waals surface area contributed by atoms with Crippen LogP contribution < -0.4 is 10.2 Å². The summed E-state index contributed by atoms with van der Waals surface area (Å²) in [5.41, 5.74) is 2.12. The monoisotopic (exact) mass is 444 g/mol. The maximum Gasteiger partial charge on any atom is 0.230 e. The van der Waals surface area contributed by atoms with Crippen LogP contribution in [0.4, 0.5) is 15.2 Å². The minimum absolute atomic E-state index is 0.0267. The number of nitrogens with zero attached hydrogens (tertiary/aromatic N) is 3. The highest BCUT2D eigenvalue weighted by atomic mass is 35.5. The molecular formula is C21H18ClFN4O2S. The number of amides is 2. The molecule has 0 saturated carbocycles. The van der Waals surface area contributed by atoms with Crippen LogP contribution in [-0.2, 0) is 16.0 Å². The van der Waals surface area contributed by atoms with E-state index in [0.29, 0.717) is 23.1 Å². The third-order valence-corrected chi connectivity index (χ3v) is 6.26. The highest BCUT2D eigenvalue weighted by Gasteiger charge is 2.34. The Bertz CT molecular complexity index is 1080. The molecule has 1 unspecified atom stereocenters. The number of nitrogens with one attached hydrogen (secondary N) is 1. The van der Waals surface area contributed by atoms with Gasteiger partial charge in [0, 0.05) is 35.2 Å². The minimum atomic E-state index is -0.531. The molecule has 154 valence electrons. The van der Waals surface area contributed by atoms with Crippen molar-refractivity contribution >= 4 is 45.6 Å². The molecule has 2 amide bonds. The van der Waals surface area contributed by atoms with Crippen LogP contribution >= 0.6 is 22.9 Å². The van der Waals surface area contributed by atoms with Crippen LogP contribution in [-0.4, -0.2) is 28.6 Å². The number of anilines is 2. The van der Waals surface area contributed by atoms with E-state index >= 15 is 0 Å². The highest BCUT2D eigenvalue weighted by molar-refractivity contribution is 7.15. The zero-order valence-corrected chi connectivity index (χ0v) is 17.6. The smallest absolute Gasteiger partial charge is 0.230 e. The average Bonchev–Trinajstić information content (AvgIpc) is 3.32. The Morgan fingerprint density at radius 2 is 2.03 bits per heavy atom. The van der Waals surface area contributed by atoms with E-state index in [4.69, 9.17) is 11.6 Å². The molecule has 1 aromatic heterocycles. The van der Waals surface area contributed by atoms with Crippen molar-refractivity contribution < 1.29 is 14.0 Å². The van der Waals surface area contributed by atoms with Gasteiger partial charge in [-0.15, -0.1) is 10.2 Å². The first-order valence-corrected chi connectivity index (χ1v) is 10.5. The number of hydrogen-bond donors (Lipinski definition) is 1. The number of benzene rings is 2. The number of rotatable bonds is 5. The molecule has 30 heavy (non-hydrogen) atoms. The summed E-state index contributed by atoms with van der Waals surface area (Å²) < 4.78 is 13.9. The highest BCUT2D eigenvalue weighted by Crippen LogP contribution is 2.34. The second-order valence-corrected chi connectivity index (χ2v) is 8.53. The SMILES string of the molecule is Cc1ccc(N2CC(c3nnc(NC(=O)Cc4c(F)cccc4Cl)s3)CC2=O)cc1. The van der Waals surface area contributed by atoms with Crippen molar-refractivity contribution in [2.75, 3.05) is 16.8 Å². The normalized spacial score (nSPS) is 16.2. The number of aromatic nitrogens is 2. The van der Waals surface area contributed by atoms with Gasteiger partial charge in [0.15, 0.2) is 0 Å². The van der Waals surface area contributed by atoms with Gasteiger partial charge in [-0.25, -0.2) is 4.39 Å². The predicted molar refractivity (Wildman–Crippen MR) is 115 cm³/mol. The molecule has 1 fully saturated rings. The molecule has 6 nitrogen and oxygen atoms in total. The van der Waals surface area contributed by atoms with E-state index in [0.717, 1.165) is 11.3 Å². The van der Waals surface area contributed by atoms with Crippen LogP contribution in [0.1, 0.15) is 28.5 Å². The minimum Gasteiger partial charge on any atom is -0.312 e. The molecule has 0 bridgehead atoms. The van der Waals surface area contributed by atoms with E-state index in [2.05, 4.69) is 15.5 Å². The first kappa shape index (κ1) is 20.4. The fourth-order valence-electron chi connectivity index (χ4n) is 3.32. The van der Waals surface area contributed by atoms with Crippen molar-refractivity contribution in [3.63, 3.8) is 0 Å². The molecule has 1 N–H and O–H groups in total. The molecule has 9 heteroatoms. The van der Waals surface area contributed by atoms with Gasteiger partial charge in [-0.1, -0.05) is 46.7 Å². The Hall–Kier alpha value is -2.84. The number of aryl methyl sites for hydroxylation is 1. The lowest BCUT2D eigenvalue weighted by atomic mass is 10.1. The van der Waals surface area contributed by atoms with Gasteiger partial charge < -0.3 is 10.2 Å². The number of carbonyl (C=O) groups is 2. The molecule has 3 aromatic rings. The molecule has 1 aliphatic heterocycles. The Balaban J connectivity index is 1.41. The molecular weight excluding hydrogens is 427 g/mol. The van der Waals surface area contributed by atoms with Crippen molar-refractivity contribution in [3.05, 3.63) is 69.4 Å². The molecule has 4 rings (SSSR count). The van der Waals surface area contributed by atoms with Crippen molar-refractivity contribution in [2.24, 2.45) is 0 Å². The average molecular weight is 445 g/mol. The van der Waals surface area contributed by atoms with Gasteiger partial charge in [0.25, 0.3) is 0 Å². The molecule has 2 heterocycles. The van der Waals surface area contributed by atoms with Crippen molar-refractivity contribution in [1.82, 2.24) is 10.2 Å². The molecule has 0 aliphatic carbocycles. The lowest BCUT2D eigenvalue weighted by Gasteiger charge is -2.16. The second-order valence-electron chi connectivity index (χ2n) is 7.11. The van der Waals surface area contributed by atoms with Gasteiger partial charge in [0.1, 0.15) is 10.8 Å². The van der Waals surface area contributed by atoms with E-state index in [1.54, 1.807) is 4.90 Å². The summed E-state index contributed by atoms with van der Waals surface area (Å²) in [7, 11) is 0. The summed E-state index contributed by atoms with van der Waals surface area (Å²) in [4.78, 5) is 26.5. The van der Waals surface area contributed by atoms with Crippen LogP contribution in [0.5, 0.6) is 0 Å². The molecule has 0 spiro atoms. The maximum atomic E-state index is 13.9. The Morgan fingerprint density at radius 1 is 1.27 bits per heavy atom. The van der Waals surface area contributed by atoms with Crippen LogP contribution in [0.25, 0.3) is 0 Å². The first-order valence-electron chi connectivity index (χ1n) is 9.34. The van der Waals surface area contributed by atoms with E-state index in [1.807, 2.05) is 31.2 Å². The van der Waals surface area contributed by atoms with Gasteiger partial charge in [0.05, 0.1) is 6.42 Å². The molecule has 1 saturated heterocycles. The quantitative estimate of drug-likeness (QED) is 0.635. The molecule has 2 aromatic carbocycles. The number of carbonyl (C=O) groups excluding carboxylic acids is 2. The number of halogens is 2. The van der Waals surface area contributed by atoms with E-state index in [1.165, 1.54) is 29.5 Å². The van der Waals surface area contributed by atoms with Crippen LogP contribution in [0.3, 0.4) is 0 Å². The van der Waals surface area contributed by atoms with Gasteiger partial charge >= 0.3 is 0 Å². The van der Waals surface area contributed by atoms with Crippen LogP contribution in [0.15, 0.2) is 42.5 Å². The second kappa shape index (κ2) is 8.49. The summed E-state index contributed by atoms with van der Waals surface area (Å²) in [5, 5.41) is 12.0. The zero-order chi connectivity index (χ0) is 21.3. The number of hydrogen-bond acceptors (Lipinski definition) is 5. The summed E-state index contributed by atoms with van der Waals surface area (Å²) in [5.74, 6) is -1.04. The zero-order valence-electron chi connectivity index (χ0n) is 16.1. The van der Waals surface area contributed by atoms with Gasteiger partial charge in [-0.3, -0.25) is 9.59 Å². The largest absolute Gasteiger partial charge is 0.312 e. The van der Waals surface area contributed by atoms with Crippen molar-refractivity contribution in [1.29, 1.82) is 0 Å². The van der Waals surface area contributed by atoms with Crippen molar-refractivity contribution in [2.45, 2.75) is 25.7 Å². The fraction of sp³-hybridized carbons (Fsp3) is 0.238. The topological polar surface area (TPSA) is 75.2 Å². The fourth-order valence-corrected chi connectivity index (χ4v) is 4.40. The summed E-state index contributed by atoms with van der Waals surface area (Å²) >= 11 is 7.19. The first-order chi connectivity index (χ1) is 14.4. The van der Waals surface area contributed by atoms with Gasteiger partial charge in [-0.2, -0.15) is 0 Å². The summed E-state index contributed by atoms with van der Waals surface area (Å²) in [6, 6.07) is 12.1. The maximum absolute atomic E-state index is 13.9. The van der Waals surface area contributed by atoms with E-state index in [9.17, 15) is 14.0 Å². The molecule has 0 radical (unpaired) electrons. The van der Waals surface area contributed by atoms with Crippen LogP contribution in [0.2, 0.25) is 5.02 Å². The lowest BCUT2D eigenvalue weighted by molar-refractivity contribution is -0.117. The van der Waals surface area contributed by atoms with E-state index < -0.39 is 11.7 Å². The Labute approximate surface area is 181 Å². The predicted octanol–water partition coefficient (Wildman–Crippen LogP) is 4.34. The molecule has 1 atom stereocenters. The van der Waals surface area contributed by atoms with Crippen LogP contribution in [0, 0.1) is 12.7 Å². The molecule has 1 aliphatic rings. The Morgan fingerprint density at radius 3 is 2.77 bits per heavy atom. The summed E-state index contributed by atoms with van der Waals surface area (Å²) in [6.07, 6.45) is 0.130. The van der Waals surface area contributed by atoms with Gasteiger partial charge in [-0.05, 0) is 31.2 Å². The van der Waals surface area contributed by atoms with Crippen molar-refractivity contribution in [3.8, 4) is 0 Å². The van der Waals surface area contributed by atoms with Gasteiger partial charge in [0.2, 0.25) is 16.9 Å². The summed E-state index contributed by atoms with van der Waals surface area (Å²) in [6.45, 7) is 2.50. The third kappa shape index (κ3) is 4.34. The van der Waals surface area contributed by atoms with E-state index in [-0.39, 0.29) is 28.8 Å². The third-order valence-electron chi connectivity index (χ3n) is 4.91. The standard InChI is InChI=1S/C21H18ClFN4O2S/c1-12-5-7-14(8-6-12)27-11-13(9-19(27)29)20-25-26-21(30-20)24-18(28)10-15-16(22)3-2-4-17(15)23/h2-8,13H,9-11H2,1H3,(H,24,26,28). The Kier molecular flexibility index (Phi) is 5.78. The lowest BCUT2D eigenvalue weighted by Crippen LogP contribution is -2.24.